The van der Waals surface area contributed by atoms with Gasteiger partial charge in [0, 0.05) is 5.56 Å². The molecule has 2 bridgehead atoms. The minimum atomic E-state index is 0.747. The average Bonchev–Trinajstić information content (AvgIpc) is 2.60. The fraction of sp³-hybridized carbons (Fsp3) is 0.455. The summed E-state index contributed by atoms with van der Waals surface area (Å²) in [6.45, 7) is 0.747. The van der Waals surface area contributed by atoms with Crippen molar-refractivity contribution in [2.75, 3.05) is 6.61 Å². The zero-order chi connectivity index (χ0) is 15.2. The summed E-state index contributed by atoms with van der Waals surface area (Å²) in [4.78, 5) is 0. The molecule has 0 spiro atoms. The van der Waals surface area contributed by atoms with E-state index in [1.807, 2.05) is 0 Å². The molecule has 2 aromatic carbocycles. The van der Waals surface area contributed by atoms with Crippen molar-refractivity contribution in [3.63, 3.8) is 0 Å². The first kappa shape index (κ1) is 13.7. The molecule has 0 radical (unpaired) electrons. The highest BCUT2D eigenvalue weighted by Crippen LogP contribution is 2.53. The number of hydrogen-bond donors (Lipinski definition) is 0. The van der Waals surface area contributed by atoms with Crippen molar-refractivity contribution in [3.05, 3.63) is 48.0 Å². The molecule has 0 amide bonds. The van der Waals surface area contributed by atoms with Gasteiger partial charge in [-0.2, -0.15) is 0 Å². The van der Waals surface area contributed by atoms with Crippen molar-refractivity contribution < 1.29 is 4.74 Å². The lowest BCUT2D eigenvalue weighted by molar-refractivity contribution is 0.134. The molecular weight excluding hydrogens is 280 g/mol. The molecule has 0 unspecified atom stereocenters. The largest absolute Gasteiger partial charge is 0.489 e. The number of fused-ring (bicyclic) bond motifs is 5. The summed E-state index contributed by atoms with van der Waals surface area (Å²) in [5, 5.41) is 2.71. The second-order valence-corrected chi connectivity index (χ2v) is 7.54. The zero-order valence-electron chi connectivity index (χ0n) is 13.6. The summed E-state index contributed by atoms with van der Waals surface area (Å²) < 4.78 is 6.00. The lowest BCUT2D eigenvalue weighted by Gasteiger charge is -2.45. The zero-order valence-corrected chi connectivity index (χ0v) is 13.6. The molecule has 5 rings (SSSR count). The van der Waals surface area contributed by atoms with Crippen LogP contribution in [0.15, 0.2) is 42.5 Å². The predicted octanol–water partition coefficient (Wildman–Crippen LogP) is 5.83. The summed E-state index contributed by atoms with van der Waals surface area (Å²) in [6.07, 6.45) is 11.0. The molecule has 2 aromatic rings. The third kappa shape index (κ3) is 2.13. The van der Waals surface area contributed by atoms with E-state index in [1.165, 1.54) is 54.9 Å². The summed E-state index contributed by atoms with van der Waals surface area (Å²) in [7, 11) is 0. The first-order valence-corrected chi connectivity index (χ1v) is 9.27. The van der Waals surface area contributed by atoms with Gasteiger partial charge in [-0.15, -0.1) is 0 Å². The minimum absolute atomic E-state index is 0.747. The smallest absolute Gasteiger partial charge is 0.127 e. The van der Waals surface area contributed by atoms with Crippen molar-refractivity contribution in [3.8, 4) is 5.75 Å². The second kappa shape index (κ2) is 5.40. The Kier molecular flexibility index (Phi) is 3.21. The van der Waals surface area contributed by atoms with E-state index < -0.39 is 0 Å². The SMILES string of the molecule is C1=C(C2C3CCCC2CCC3)c2c(ccc3ccccc23)OC1. The van der Waals surface area contributed by atoms with Gasteiger partial charge >= 0.3 is 0 Å². The highest BCUT2D eigenvalue weighted by atomic mass is 16.5. The van der Waals surface area contributed by atoms with Crippen LogP contribution in [0.3, 0.4) is 0 Å². The van der Waals surface area contributed by atoms with Crippen LogP contribution in [-0.2, 0) is 0 Å². The van der Waals surface area contributed by atoms with E-state index in [9.17, 15) is 0 Å². The van der Waals surface area contributed by atoms with Crippen LogP contribution in [0.25, 0.3) is 16.3 Å². The highest BCUT2D eigenvalue weighted by Gasteiger charge is 2.40. The lowest BCUT2D eigenvalue weighted by atomic mass is 9.60. The summed E-state index contributed by atoms with van der Waals surface area (Å²) >= 11 is 0. The highest BCUT2D eigenvalue weighted by molar-refractivity contribution is 5.97. The number of rotatable bonds is 1. The molecule has 2 saturated carbocycles. The standard InChI is InChI=1S/C22H24O/c1-2-10-18-15(5-1)11-12-20-22(18)19(13-14-23-20)21-16-6-3-7-17(21)9-4-8-16/h1-2,5,10-13,16-17,21H,3-4,6-9,14H2. The molecule has 118 valence electrons. The van der Waals surface area contributed by atoms with Crippen LogP contribution in [-0.4, -0.2) is 6.61 Å². The molecule has 1 nitrogen and oxygen atoms in total. The van der Waals surface area contributed by atoms with Crippen molar-refractivity contribution in [1.29, 1.82) is 0 Å². The fourth-order valence-electron chi connectivity index (χ4n) is 5.48. The van der Waals surface area contributed by atoms with Gasteiger partial charge in [0.2, 0.25) is 0 Å². The number of ether oxygens (including phenoxy) is 1. The lowest BCUT2D eigenvalue weighted by Crippen LogP contribution is -2.34. The molecular formula is C22H24O. The first-order valence-electron chi connectivity index (χ1n) is 9.27. The van der Waals surface area contributed by atoms with E-state index in [-0.39, 0.29) is 0 Å². The Morgan fingerprint density at radius 3 is 2.35 bits per heavy atom. The third-order valence-electron chi connectivity index (χ3n) is 6.40. The Balaban J connectivity index is 1.68. The molecule has 0 atom stereocenters. The van der Waals surface area contributed by atoms with Crippen molar-refractivity contribution in [1.82, 2.24) is 0 Å². The Morgan fingerprint density at radius 2 is 1.57 bits per heavy atom. The first-order chi connectivity index (χ1) is 11.4. The van der Waals surface area contributed by atoms with Crippen LogP contribution in [0.2, 0.25) is 0 Å². The van der Waals surface area contributed by atoms with Crippen molar-refractivity contribution in [2.24, 2.45) is 17.8 Å². The number of benzene rings is 2. The van der Waals surface area contributed by atoms with Gasteiger partial charge in [0.15, 0.2) is 0 Å². The van der Waals surface area contributed by atoms with E-state index in [4.69, 9.17) is 4.74 Å². The molecule has 1 heteroatoms. The molecule has 23 heavy (non-hydrogen) atoms. The Morgan fingerprint density at radius 1 is 0.826 bits per heavy atom. The topological polar surface area (TPSA) is 9.23 Å². The Hall–Kier alpha value is -1.76. The Labute approximate surface area is 138 Å². The third-order valence-corrected chi connectivity index (χ3v) is 6.40. The van der Waals surface area contributed by atoms with E-state index in [1.54, 1.807) is 5.57 Å². The van der Waals surface area contributed by atoms with Crippen molar-refractivity contribution >= 4 is 16.3 Å². The number of hydrogen-bond acceptors (Lipinski definition) is 1. The maximum atomic E-state index is 6.00. The molecule has 0 aromatic heterocycles. The summed E-state index contributed by atoms with van der Waals surface area (Å²) in [6, 6.07) is 13.2. The summed E-state index contributed by atoms with van der Waals surface area (Å²) in [5.41, 5.74) is 3.01. The molecule has 0 saturated heterocycles. The van der Waals surface area contributed by atoms with Gasteiger partial charge in [-0.25, -0.2) is 0 Å². The predicted molar refractivity (Wildman–Crippen MR) is 95.6 cm³/mol. The van der Waals surface area contributed by atoms with Gasteiger partial charge in [0.1, 0.15) is 12.4 Å². The minimum Gasteiger partial charge on any atom is -0.489 e. The fourth-order valence-corrected chi connectivity index (χ4v) is 5.48. The van der Waals surface area contributed by atoms with Crippen LogP contribution in [0, 0.1) is 17.8 Å². The molecule has 1 aliphatic heterocycles. The molecule has 0 N–H and O–H groups in total. The maximum absolute atomic E-state index is 6.00. The van der Waals surface area contributed by atoms with Crippen LogP contribution >= 0.6 is 0 Å². The molecule has 2 fully saturated rings. The molecule has 1 heterocycles. The van der Waals surface area contributed by atoms with Crippen molar-refractivity contribution in [2.45, 2.75) is 38.5 Å². The van der Waals surface area contributed by atoms with Crippen LogP contribution in [0.4, 0.5) is 0 Å². The van der Waals surface area contributed by atoms with E-state index in [0.717, 1.165) is 30.1 Å². The van der Waals surface area contributed by atoms with Crippen LogP contribution < -0.4 is 4.74 Å². The second-order valence-electron chi connectivity index (χ2n) is 7.54. The average molecular weight is 304 g/mol. The monoisotopic (exact) mass is 304 g/mol. The maximum Gasteiger partial charge on any atom is 0.127 e. The quantitative estimate of drug-likeness (QED) is 0.644. The Bertz CT molecular complexity index is 751. The van der Waals surface area contributed by atoms with E-state index >= 15 is 0 Å². The van der Waals surface area contributed by atoms with Crippen LogP contribution in [0.5, 0.6) is 5.75 Å². The number of allylic oxidation sites excluding steroid dienone is 1. The summed E-state index contributed by atoms with van der Waals surface area (Å²) in [5.74, 6) is 3.67. The van der Waals surface area contributed by atoms with Gasteiger partial charge in [0.25, 0.3) is 0 Å². The van der Waals surface area contributed by atoms with Gasteiger partial charge in [-0.3, -0.25) is 0 Å². The van der Waals surface area contributed by atoms with Crippen LogP contribution in [0.1, 0.15) is 44.1 Å². The molecule has 3 aliphatic rings. The van der Waals surface area contributed by atoms with Gasteiger partial charge in [0.05, 0.1) is 0 Å². The van der Waals surface area contributed by atoms with E-state index in [0.29, 0.717) is 0 Å². The van der Waals surface area contributed by atoms with Gasteiger partial charge in [-0.1, -0.05) is 43.2 Å². The molecule has 2 aliphatic carbocycles. The van der Waals surface area contributed by atoms with E-state index in [2.05, 4.69) is 42.5 Å². The van der Waals surface area contributed by atoms with Gasteiger partial charge < -0.3 is 4.74 Å². The normalized spacial score (nSPS) is 29.6. The van der Waals surface area contributed by atoms with Gasteiger partial charge in [-0.05, 0) is 71.9 Å².